The summed E-state index contributed by atoms with van der Waals surface area (Å²) < 4.78 is 27.9. The number of benzene rings is 1. The number of halogens is 2. The minimum atomic E-state index is -0.403. The van der Waals surface area contributed by atoms with Gasteiger partial charge in [0.25, 0.3) is 0 Å². The Morgan fingerprint density at radius 3 is 2.59 bits per heavy atom. The molecule has 1 fully saturated rings. The van der Waals surface area contributed by atoms with Gasteiger partial charge in [-0.15, -0.1) is 0 Å². The zero-order chi connectivity index (χ0) is 12.4. The average molecular weight is 239 g/mol. The van der Waals surface area contributed by atoms with E-state index in [4.69, 9.17) is 0 Å². The first-order chi connectivity index (χ1) is 8.15. The summed E-state index contributed by atoms with van der Waals surface area (Å²) in [5.41, 5.74) is 0.811. The highest BCUT2D eigenvalue weighted by molar-refractivity contribution is 5.31. The molecular weight excluding hydrogens is 220 g/mol. The summed E-state index contributed by atoms with van der Waals surface area (Å²) in [7, 11) is 1.87. The predicted octanol–water partition coefficient (Wildman–Crippen LogP) is 3.52. The highest BCUT2D eigenvalue weighted by atomic mass is 19.1. The van der Waals surface area contributed by atoms with Gasteiger partial charge in [0.2, 0.25) is 0 Å². The molecule has 1 aliphatic carbocycles. The van der Waals surface area contributed by atoms with E-state index in [0.717, 1.165) is 25.7 Å². The lowest BCUT2D eigenvalue weighted by Crippen LogP contribution is -2.35. The molecule has 1 saturated carbocycles. The third-order valence-electron chi connectivity index (χ3n) is 3.83. The maximum absolute atomic E-state index is 14.1. The Bertz CT molecular complexity index is 403. The molecule has 2 unspecified atom stereocenters. The van der Waals surface area contributed by atoms with E-state index < -0.39 is 5.82 Å². The number of hydrogen-bond acceptors (Lipinski definition) is 1. The van der Waals surface area contributed by atoms with Crippen LogP contribution in [0.1, 0.15) is 42.7 Å². The highest BCUT2D eigenvalue weighted by Gasteiger charge is 2.30. The minimum absolute atomic E-state index is 0.0337. The Labute approximate surface area is 101 Å². The zero-order valence-electron chi connectivity index (χ0n) is 10.4. The van der Waals surface area contributed by atoms with E-state index in [1.54, 1.807) is 6.92 Å². The van der Waals surface area contributed by atoms with Crippen LogP contribution in [0.2, 0.25) is 0 Å². The summed E-state index contributed by atoms with van der Waals surface area (Å²) in [6, 6.07) is 3.08. The van der Waals surface area contributed by atoms with Crippen LogP contribution in [0.4, 0.5) is 8.78 Å². The molecule has 1 aromatic carbocycles. The third-order valence-corrected chi connectivity index (χ3v) is 3.83. The van der Waals surface area contributed by atoms with Gasteiger partial charge in [0.15, 0.2) is 0 Å². The summed E-state index contributed by atoms with van der Waals surface area (Å²) in [5, 5.41) is 3.19. The van der Waals surface area contributed by atoms with Crippen LogP contribution >= 0.6 is 0 Å². The normalized spacial score (nSPS) is 24.9. The average Bonchev–Trinajstić information content (AvgIpc) is 2.35. The smallest absolute Gasteiger partial charge is 0.132 e. The Hall–Kier alpha value is -0.960. The van der Waals surface area contributed by atoms with Crippen molar-refractivity contribution in [3.05, 3.63) is 34.9 Å². The Morgan fingerprint density at radius 1 is 1.18 bits per heavy atom. The molecule has 0 aromatic heterocycles. The fourth-order valence-corrected chi connectivity index (χ4v) is 2.84. The maximum atomic E-state index is 14.1. The Kier molecular flexibility index (Phi) is 3.77. The standard InChI is InChI=1S/C14H19F2N/c1-9-7-8-11(15)13(14(9)16)10-5-3-4-6-12(10)17-2/h7-8,10,12,17H,3-6H2,1-2H3. The fraction of sp³-hybridized carbons (Fsp3) is 0.571. The van der Waals surface area contributed by atoms with Crippen LogP contribution in [0.3, 0.4) is 0 Å². The van der Waals surface area contributed by atoms with Crippen LogP contribution in [0.25, 0.3) is 0 Å². The minimum Gasteiger partial charge on any atom is -0.316 e. The SMILES string of the molecule is CNC1CCCCC1c1c(F)ccc(C)c1F. The molecule has 0 radical (unpaired) electrons. The lowest BCUT2D eigenvalue weighted by Gasteiger charge is -2.32. The zero-order valence-corrected chi connectivity index (χ0v) is 10.4. The van der Waals surface area contributed by atoms with Crippen molar-refractivity contribution in [3.8, 4) is 0 Å². The lowest BCUT2D eigenvalue weighted by molar-refractivity contribution is 0.328. The Morgan fingerprint density at radius 2 is 1.88 bits per heavy atom. The van der Waals surface area contributed by atoms with Gasteiger partial charge < -0.3 is 5.32 Å². The maximum Gasteiger partial charge on any atom is 0.132 e. The van der Waals surface area contributed by atoms with Crippen LogP contribution < -0.4 is 5.32 Å². The molecule has 0 heterocycles. The van der Waals surface area contributed by atoms with Gasteiger partial charge >= 0.3 is 0 Å². The van der Waals surface area contributed by atoms with Crippen molar-refractivity contribution in [2.45, 2.75) is 44.6 Å². The highest BCUT2D eigenvalue weighted by Crippen LogP contribution is 2.36. The fourth-order valence-electron chi connectivity index (χ4n) is 2.84. The van der Waals surface area contributed by atoms with Crippen molar-refractivity contribution in [1.82, 2.24) is 5.32 Å². The van der Waals surface area contributed by atoms with Gasteiger partial charge in [0.1, 0.15) is 11.6 Å². The molecule has 1 nitrogen and oxygen atoms in total. The van der Waals surface area contributed by atoms with E-state index in [2.05, 4.69) is 5.32 Å². The number of nitrogens with one attached hydrogen (secondary N) is 1. The second-order valence-electron chi connectivity index (χ2n) is 4.88. The lowest BCUT2D eigenvalue weighted by atomic mass is 9.79. The molecule has 2 rings (SSSR count). The summed E-state index contributed by atoms with van der Waals surface area (Å²) in [5.74, 6) is -0.800. The number of hydrogen-bond donors (Lipinski definition) is 1. The van der Waals surface area contributed by atoms with E-state index >= 15 is 0 Å². The largest absolute Gasteiger partial charge is 0.316 e. The van der Waals surface area contributed by atoms with Crippen LogP contribution in [0, 0.1) is 18.6 Å². The molecule has 0 bridgehead atoms. The molecule has 2 atom stereocenters. The van der Waals surface area contributed by atoms with E-state index in [9.17, 15) is 8.78 Å². The predicted molar refractivity (Wildman–Crippen MR) is 65.2 cm³/mol. The molecule has 17 heavy (non-hydrogen) atoms. The first kappa shape index (κ1) is 12.5. The molecule has 0 aliphatic heterocycles. The van der Waals surface area contributed by atoms with Gasteiger partial charge in [0.05, 0.1) is 0 Å². The van der Waals surface area contributed by atoms with Gasteiger partial charge in [-0.3, -0.25) is 0 Å². The van der Waals surface area contributed by atoms with Gasteiger partial charge in [-0.2, -0.15) is 0 Å². The number of likely N-dealkylation sites (N-methyl/N-ethyl adjacent to an activating group) is 1. The van der Waals surface area contributed by atoms with Gasteiger partial charge in [-0.25, -0.2) is 8.78 Å². The van der Waals surface area contributed by atoms with Crippen LogP contribution in [-0.2, 0) is 0 Å². The Balaban J connectivity index is 2.41. The monoisotopic (exact) mass is 239 g/mol. The molecule has 1 N–H and O–H groups in total. The summed E-state index contributed by atoms with van der Waals surface area (Å²) in [6.45, 7) is 1.69. The van der Waals surface area contributed by atoms with Crippen molar-refractivity contribution in [3.63, 3.8) is 0 Å². The number of rotatable bonds is 2. The second-order valence-corrected chi connectivity index (χ2v) is 4.88. The van der Waals surface area contributed by atoms with Crippen LogP contribution in [-0.4, -0.2) is 13.1 Å². The van der Waals surface area contributed by atoms with Crippen LogP contribution in [0.15, 0.2) is 12.1 Å². The topological polar surface area (TPSA) is 12.0 Å². The molecule has 0 spiro atoms. The second kappa shape index (κ2) is 5.13. The van der Waals surface area contributed by atoms with Crippen molar-refractivity contribution >= 4 is 0 Å². The van der Waals surface area contributed by atoms with E-state index in [-0.39, 0.29) is 23.3 Å². The third kappa shape index (κ3) is 2.34. The molecule has 1 aromatic rings. The van der Waals surface area contributed by atoms with E-state index in [1.165, 1.54) is 12.1 Å². The van der Waals surface area contributed by atoms with Crippen molar-refractivity contribution in [1.29, 1.82) is 0 Å². The van der Waals surface area contributed by atoms with Crippen molar-refractivity contribution in [2.75, 3.05) is 7.05 Å². The van der Waals surface area contributed by atoms with Crippen LogP contribution in [0.5, 0.6) is 0 Å². The molecular formula is C14H19F2N. The molecule has 1 aliphatic rings. The molecule has 94 valence electrons. The van der Waals surface area contributed by atoms with E-state index in [1.807, 2.05) is 7.05 Å². The van der Waals surface area contributed by atoms with Gasteiger partial charge in [-0.1, -0.05) is 18.9 Å². The molecule has 3 heteroatoms. The molecule has 0 saturated heterocycles. The summed E-state index contributed by atoms with van der Waals surface area (Å²) in [6.07, 6.45) is 4.05. The first-order valence-electron chi connectivity index (χ1n) is 6.27. The van der Waals surface area contributed by atoms with Gasteiger partial charge in [-0.05, 0) is 38.4 Å². The van der Waals surface area contributed by atoms with Crippen molar-refractivity contribution < 1.29 is 8.78 Å². The first-order valence-corrected chi connectivity index (χ1v) is 6.27. The van der Waals surface area contributed by atoms with Crippen molar-refractivity contribution in [2.24, 2.45) is 0 Å². The summed E-state index contributed by atoms with van der Waals surface area (Å²) in [4.78, 5) is 0. The van der Waals surface area contributed by atoms with E-state index in [0.29, 0.717) is 5.56 Å². The van der Waals surface area contributed by atoms with Gasteiger partial charge in [0, 0.05) is 17.5 Å². The number of aryl methyl sites for hydroxylation is 1. The molecule has 0 amide bonds. The quantitative estimate of drug-likeness (QED) is 0.832. The summed E-state index contributed by atoms with van der Waals surface area (Å²) >= 11 is 0.